The third-order valence-electron chi connectivity index (χ3n) is 6.47. The summed E-state index contributed by atoms with van der Waals surface area (Å²) < 4.78 is 15.6. The molecule has 0 bridgehead atoms. The maximum atomic E-state index is 12.3. The van der Waals surface area contributed by atoms with E-state index >= 15 is 0 Å². The van der Waals surface area contributed by atoms with Crippen LogP contribution in [0, 0.1) is 0 Å². The van der Waals surface area contributed by atoms with E-state index in [0.29, 0.717) is 41.9 Å². The van der Waals surface area contributed by atoms with Gasteiger partial charge in [-0.15, -0.1) is 0 Å². The van der Waals surface area contributed by atoms with Crippen molar-refractivity contribution >= 4 is 58.0 Å². The van der Waals surface area contributed by atoms with Crippen LogP contribution < -0.4 is 19.9 Å². The molecule has 0 atom stereocenters. The quantitative estimate of drug-likeness (QED) is 0.281. The molecule has 0 saturated carbocycles. The summed E-state index contributed by atoms with van der Waals surface area (Å²) in [7, 11) is 4.56. The minimum atomic E-state index is -0.647. The molecule has 4 aromatic rings. The first-order valence-corrected chi connectivity index (χ1v) is 13.2. The van der Waals surface area contributed by atoms with Crippen molar-refractivity contribution in [1.82, 2.24) is 24.9 Å². The van der Waals surface area contributed by atoms with Gasteiger partial charge in [0.05, 0.1) is 66.8 Å². The van der Waals surface area contributed by atoms with Gasteiger partial charge in [-0.25, -0.2) is 29.7 Å². The standard InChI is InChI=1S/C27H26Cl2N8O4/c1-36(21-5-4-16(12-31-21)37-6-8-41-9-7-37)22-11-19(32-15-33-22)18-13-30-14-34-26(18)35-25-23(28)17(27(38)40-3)10-20(39-2)24(25)29/h4-5,10-15H,6-9H2,1-3H3,(H,30,34,35). The summed E-state index contributed by atoms with van der Waals surface area (Å²) >= 11 is 13.1. The van der Waals surface area contributed by atoms with E-state index in [1.807, 2.05) is 30.3 Å². The van der Waals surface area contributed by atoms with E-state index in [0.717, 1.165) is 18.8 Å². The van der Waals surface area contributed by atoms with Crippen LogP contribution in [0.4, 0.5) is 28.8 Å². The van der Waals surface area contributed by atoms with Crippen LogP contribution in [-0.2, 0) is 9.47 Å². The Bertz CT molecular complexity index is 1550. The maximum Gasteiger partial charge on any atom is 0.339 e. The first-order chi connectivity index (χ1) is 19.9. The second-order valence-electron chi connectivity index (χ2n) is 8.83. The lowest BCUT2D eigenvalue weighted by atomic mass is 10.1. The minimum Gasteiger partial charge on any atom is -0.495 e. The predicted octanol–water partition coefficient (Wildman–Crippen LogP) is 4.78. The number of nitrogens with zero attached hydrogens (tertiary/aromatic N) is 7. The smallest absolute Gasteiger partial charge is 0.339 e. The summed E-state index contributed by atoms with van der Waals surface area (Å²) in [4.78, 5) is 38.5. The maximum absolute atomic E-state index is 12.3. The Kier molecular flexibility index (Phi) is 8.62. The SMILES string of the molecule is COC(=O)c1cc(OC)c(Cl)c(Nc2ncncc2-c2cc(N(C)c3ccc(N4CCOCC4)cn3)ncn2)c1Cl. The van der Waals surface area contributed by atoms with E-state index in [4.69, 9.17) is 37.4 Å². The lowest BCUT2D eigenvalue weighted by molar-refractivity contribution is 0.0600. The number of pyridine rings is 1. The third kappa shape index (κ3) is 5.94. The summed E-state index contributed by atoms with van der Waals surface area (Å²) in [6.07, 6.45) is 6.25. The van der Waals surface area contributed by atoms with E-state index in [-0.39, 0.29) is 27.0 Å². The Morgan fingerprint density at radius 1 is 1.00 bits per heavy atom. The molecule has 212 valence electrons. The molecule has 1 N–H and O–H groups in total. The zero-order valence-corrected chi connectivity index (χ0v) is 24.0. The fourth-order valence-corrected chi connectivity index (χ4v) is 4.84. The Morgan fingerprint density at radius 3 is 2.51 bits per heavy atom. The monoisotopic (exact) mass is 596 g/mol. The van der Waals surface area contributed by atoms with Crippen molar-refractivity contribution in [2.45, 2.75) is 0 Å². The average molecular weight is 597 g/mol. The van der Waals surface area contributed by atoms with Gasteiger partial charge in [-0.2, -0.15) is 0 Å². The van der Waals surface area contributed by atoms with Crippen LogP contribution in [0.2, 0.25) is 10.0 Å². The number of esters is 1. The fourth-order valence-electron chi connectivity index (χ4n) is 4.24. The van der Waals surface area contributed by atoms with Crippen LogP contribution in [0.25, 0.3) is 11.3 Å². The number of nitrogens with one attached hydrogen (secondary N) is 1. The molecule has 3 aromatic heterocycles. The van der Waals surface area contributed by atoms with Crippen molar-refractivity contribution in [3.8, 4) is 17.0 Å². The Balaban J connectivity index is 1.45. The van der Waals surface area contributed by atoms with Crippen LogP contribution in [0.3, 0.4) is 0 Å². The van der Waals surface area contributed by atoms with Gasteiger partial charge in [0.15, 0.2) is 0 Å². The summed E-state index contributed by atoms with van der Waals surface area (Å²) in [6, 6.07) is 7.17. The molecule has 0 radical (unpaired) electrons. The zero-order chi connectivity index (χ0) is 28.9. The predicted molar refractivity (Wildman–Crippen MR) is 156 cm³/mol. The number of morpholine rings is 1. The first kappa shape index (κ1) is 28.3. The van der Waals surface area contributed by atoms with Gasteiger partial charge in [-0.3, -0.25) is 0 Å². The lowest BCUT2D eigenvalue weighted by Crippen LogP contribution is -2.36. The molecule has 4 heterocycles. The number of aromatic nitrogens is 5. The van der Waals surface area contributed by atoms with Crippen molar-refractivity contribution in [2.24, 2.45) is 0 Å². The highest BCUT2D eigenvalue weighted by Gasteiger charge is 2.23. The molecule has 1 aliphatic rings. The summed E-state index contributed by atoms with van der Waals surface area (Å²) in [5.41, 5.74) is 2.39. The molecule has 0 spiro atoms. The van der Waals surface area contributed by atoms with Gasteiger partial charge < -0.3 is 29.3 Å². The number of carbonyl (C=O) groups is 1. The summed E-state index contributed by atoms with van der Waals surface area (Å²) in [5.74, 6) is 1.23. The minimum absolute atomic E-state index is 0.0434. The van der Waals surface area contributed by atoms with Crippen LogP contribution in [0.5, 0.6) is 5.75 Å². The normalized spacial score (nSPS) is 13.0. The highest BCUT2D eigenvalue weighted by atomic mass is 35.5. The number of hydrogen-bond acceptors (Lipinski definition) is 12. The van der Waals surface area contributed by atoms with Gasteiger partial charge in [0.1, 0.15) is 40.9 Å². The second-order valence-corrected chi connectivity index (χ2v) is 9.58. The molecule has 14 heteroatoms. The topological polar surface area (TPSA) is 128 Å². The van der Waals surface area contributed by atoms with E-state index in [2.05, 4.69) is 35.1 Å². The number of rotatable bonds is 8. The van der Waals surface area contributed by atoms with Gasteiger partial charge >= 0.3 is 5.97 Å². The fraction of sp³-hybridized carbons (Fsp3) is 0.259. The Morgan fingerprint density at radius 2 is 1.80 bits per heavy atom. The lowest BCUT2D eigenvalue weighted by Gasteiger charge is -2.29. The van der Waals surface area contributed by atoms with Crippen LogP contribution >= 0.6 is 23.2 Å². The van der Waals surface area contributed by atoms with E-state index in [1.165, 1.54) is 32.9 Å². The second kappa shape index (κ2) is 12.5. The average Bonchev–Trinajstić information content (AvgIpc) is 3.03. The number of benzene rings is 1. The Labute approximate surface area is 246 Å². The molecule has 0 amide bonds. The van der Waals surface area contributed by atoms with Crippen molar-refractivity contribution < 1.29 is 19.0 Å². The van der Waals surface area contributed by atoms with Crippen LogP contribution in [0.15, 0.2) is 49.3 Å². The number of hydrogen-bond donors (Lipinski definition) is 1. The molecular formula is C27H26Cl2N8O4. The van der Waals surface area contributed by atoms with Crippen LogP contribution in [0.1, 0.15) is 10.4 Å². The zero-order valence-electron chi connectivity index (χ0n) is 22.5. The number of methoxy groups -OCH3 is 2. The van der Waals surface area contributed by atoms with Gasteiger partial charge in [0, 0.05) is 32.4 Å². The Hall–Kier alpha value is -4.26. The molecule has 0 aliphatic carbocycles. The molecule has 12 nitrogen and oxygen atoms in total. The summed E-state index contributed by atoms with van der Waals surface area (Å²) in [5, 5.41) is 3.32. The molecule has 0 unspecified atom stereocenters. The van der Waals surface area contributed by atoms with Gasteiger partial charge in [0.25, 0.3) is 0 Å². The molecule has 1 fully saturated rings. The van der Waals surface area contributed by atoms with Crippen molar-refractivity contribution in [3.63, 3.8) is 0 Å². The number of ether oxygens (including phenoxy) is 3. The number of halogens is 2. The van der Waals surface area contributed by atoms with Gasteiger partial charge in [-0.1, -0.05) is 23.2 Å². The van der Waals surface area contributed by atoms with Crippen LogP contribution in [-0.4, -0.2) is 78.5 Å². The van der Waals surface area contributed by atoms with Gasteiger partial charge in [0.2, 0.25) is 0 Å². The molecule has 1 aliphatic heterocycles. The van der Waals surface area contributed by atoms with E-state index in [1.54, 1.807) is 12.3 Å². The van der Waals surface area contributed by atoms with Crippen molar-refractivity contribution in [1.29, 1.82) is 0 Å². The molecule has 1 saturated heterocycles. The molecule has 1 aromatic carbocycles. The largest absolute Gasteiger partial charge is 0.495 e. The highest BCUT2D eigenvalue weighted by Crippen LogP contribution is 2.43. The van der Waals surface area contributed by atoms with E-state index < -0.39 is 5.97 Å². The number of carbonyl (C=O) groups excluding carboxylic acids is 1. The third-order valence-corrected chi connectivity index (χ3v) is 7.24. The van der Waals surface area contributed by atoms with Crippen molar-refractivity contribution in [3.05, 3.63) is 64.9 Å². The summed E-state index contributed by atoms with van der Waals surface area (Å²) in [6.45, 7) is 3.07. The van der Waals surface area contributed by atoms with Crippen molar-refractivity contribution in [2.75, 3.05) is 62.7 Å². The van der Waals surface area contributed by atoms with E-state index in [9.17, 15) is 4.79 Å². The molecular weight excluding hydrogens is 571 g/mol. The molecule has 41 heavy (non-hydrogen) atoms. The number of anilines is 5. The highest BCUT2D eigenvalue weighted by molar-refractivity contribution is 6.42. The molecule has 5 rings (SSSR count). The van der Waals surface area contributed by atoms with Gasteiger partial charge in [-0.05, 0) is 18.2 Å². The first-order valence-electron chi connectivity index (χ1n) is 12.5.